The number of nitrogens with zero attached hydrogens (tertiary/aromatic N) is 1. The Kier molecular flexibility index (Phi) is 6.43. The van der Waals surface area contributed by atoms with Crippen LogP contribution in [0.3, 0.4) is 0 Å². The Bertz CT molecular complexity index is 823. The van der Waals surface area contributed by atoms with Crippen LogP contribution in [0.4, 0.5) is 11.4 Å². The van der Waals surface area contributed by atoms with Gasteiger partial charge in [-0.05, 0) is 56.5 Å². The first-order chi connectivity index (χ1) is 12.2. The molecule has 0 aliphatic carbocycles. The average molecular weight is 373 g/mol. The smallest absolute Gasteiger partial charge is 0.226 e. The van der Waals surface area contributed by atoms with E-state index in [1.54, 1.807) is 11.0 Å². The van der Waals surface area contributed by atoms with E-state index in [1.165, 1.54) is 6.92 Å². The summed E-state index contributed by atoms with van der Waals surface area (Å²) in [4.78, 5) is 26.1. The molecule has 2 rings (SSSR count). The van der Waals surface area contributed by atoms with E-state index in [1.807, 2.05) is 52.0 Å². The molecule has 0 unspecified atom stereocenters. The Hall–Kier alpha value is -2.33. The predicted octanol–water partition coefficient (Wildman–Crippen LogP) is 4.96. The number of hydrogen-bond donors (Lipinski definition) is 1. The van der Waals surface area contributed by atoms with Crippen molar-refractivity contribution in [3.8, 4) is 0 Å². The van der Waals surface area contributed by atoms with Crippen molar-refractivity contribution in [1.29, 1.82) is 0 Å². The highest BCUT2D eigenvalue weighted by Gasteiger charge is 2.18. The highest BCUT2D eigenvalue weighted by molar-refractivity contribution is 6.31. The quantitative estimate of drug-likeness (QED) is 0.806. The molecule has 138 valence electrons. The van der Waals surface area contributed by atoms with Crippen LogP contribution in [0, 0.1) is 27.7 Å². The van der Waals surface area contributed by atoms with Gasteiger partial charge >= 0.3 is 0 Å². The molecule has 26 heavy (non-hydrogen) atoms. The molecule has 0 saturated heterocycles. The number of carbonyl (C=O) groups excluding carboxylic acids is 2. The molecule has 0 fully saturated rings. The molecular weight excluding hydrogens is 348 g/mol. The Labute approximate surface area is 160 Å². The van der Waals surface area contributed by atoms with Crippen LogP contribution in [-0.4, -0.2) is 18.4 Å². The fourth-order valence-corrected chi connectivity index (χ4v) is 3.31. The van der Waals surface area contributed by atoms with Crippen LogP contribution in [0.15, 0.2) is 30.3 Å². The van der Waals surface area contributed by atoms with Crippen molar-refractivity contribution in [3.63, 3.8) is 0 Å². The first-order valence-electron chi connectivity index (χ1n) is 8.61. The third kappa shape index (κ3) is 4.85. The van der Waals surface area contributed by atoms with Gasteiger partial charge in [0.05, 0.1) is 0 Å². The Morgan fingerprint density at radius 1 is 1.00 bits per heavy atom. The van der Waals surface area contributed by atoms with Crippen LogP contribution in [-0.2, 0) is 9.59 Å². The molecule has 0 atom stereocenters. The summed E-state index contributed by atoms with van der Waals surface area (Å²) in [5.74, 6) is -0.232. The summed E-state index contributed by atoms with van der Waals surface area (Å²) in [6.45, 7) is 9.76. The number of amides is 2. The fraction of sp³-hybridized carbons (Fsp3) is 0.333. The topological polar surface area (TPSA) is 49.4 Å². The van der Waals surface area contributed by atoms with Gasteiger partial charge in [0.1, 0.15) is 0 Å². The first kappa shape index (κ1) is 20.0. The average Bonchev–Trinajstić information content (AvgIpc) is 2.52. The minimum absolute atomic E-state index is 0.0776. The maximum Gasteiger partial charge on any atom is 0.226 e. The van der Waals surface area contributed by atoms with E-state index in [0.717, 1.165) is 27.9 Å². The maximum atomic E-state index is 12.3. The van der Waals surface area contributed by atoms with Gasteiger partial charge in [-0.1, -0.05) is 35.4 Å². The molecule has 0 radical (unpaired) electrons. The van der Waals surface area contributed by atoms with Gasteiger partial charge in [0.25, 0.3) is 0 Å². The zero-order valence-corrected chi connectivity index (χ0v) is 16.7. The van der Waals surface area contributed by atoms with Gasteiger partial charge in [-0.25, -0.2) is 0 Å². The molecule has 1 N–H and O–H groups in total. The van der Waals surface area contributed by atoms with E-state index in [-0.39, 0.29) is 18.2 Å². The lowest BCUT2D eigenvalue weighted by molar-refractivity contribution is -0.117. The molecule has 2 aromatic rings. The molecule has 0 bridgehead atoms. The third-order valence-corrected chi connectivity index (χ3v) is 4.71. The van der Waals surface area contributed by atoms with Crippen molar-refractivity contribution in [2.45, 2.75) is 41.0 Å². The molecule has 5 heteroatoms. The lowest BCUT2D eigenvalue weighted by Crippen LogP contribution is -2.33. The number of carbonyl (C=O) groups is 2. The SMILES string of the molecule is CC(=O)N(CCC(=O)Nc1ccc(C)c(Cl)c1)c1c(C)cc(C)cc1C. The number of hydrogen-bond acceptors (Lipinski definition) is 2. The Morgan fingerprint density at radius 3 is 2.15 bits per heavy atom. The van der Waals surface area contributed by atoms with Crippen LogP contribution in [0.1, 0.15) is 35.6 Å². The standard InChI is InChI=1S/C21H25ClN2O2/c1-13-10-15(3)21(16(4)11-13)24(17(5)25)9-8-20(26)23-18-7-6-14(2)19(22)12-18/h6-7,10-12H,8-9H2,1-5H3,(H,23,26). The van der Waals surface area contributed by atoms with Gasteiger partial charge < -0.3 is 10.2 Å². The molecule has 2 aromatic carbocycles. The van der Waals surface area contributed by atoms with Gasteiger partial charge in [0.15, 0.2) is 0 Å². The lowest BCUT2D eigenvalue weighted by atomic mass is 10.0. The van der Waals surface area contributed by atoms with E-state index in [2.05, 4.69) is 5.32 Å². The third-order valence-electron chi connectivity index (χ3n) is 4.30. The largest absolute Gasteiger partial charge is 0.326 e. The molecular formula is C21H25ClN2O2. The number of benzene rings is 2. The normalized spacial score (nSPS) is 10.5. The molecule has 2 amide bonds. The van der Waals surface area contributed by atoms with E-state index < -0.39 is 0 Å². The summed E-state index contributed by atoms with van der Waals surface area (Å²) in [5.41, 5.74) is 5.71. The molecule has 0 saturated carbocycles. The molecule has 0 heterocycles. The Morgan fingerprint density at radius 2 is 1.62 bits per heavy atom. The van der Waals surface area contributed by atoms with E-state index >= 15 is 0 Å². The number of rotatable bonds is 5. The highest BCUT2D eigenvalue weighted by atomic mass is 35.5. The van der Waals surface area contributed by atoms with Crippen molar-refractivity contribution in [3.05, 3.63) is 57.6 Å². The van der Waals surface area contributed by atoms with Crippen LogP contribution in [0.25, 0.3) is 0 Å². The van der Waals surface area contributed by atoms with Crippen molar-refractivity contribution in [2.75, 3.05) is 16.8 Å². The second-order valence-corrected chi connectivity index (χ2v) is 7.09. The lowest BCUT2D eigenvalue weighted by Gasteiger charge is -2.25. The zero-order valence-electron chi connectivity index (χ0n) is 15.9. The van der Waals surface area contributed by atoms with Crippen molar-refractivity contribution in [2.24, 2.45) is 0 Å². The summed E-state index contributed by atoms with van der Waals surface area (Å²) < 4.78 is 0. The van der Waals surface area contributed by atoms with Gasteiger partial charge in [-0.2, -0.15) is 0 Å². The highest BCUT2D eigenvalue weighted by Crippen LogP contribution is 2.27. The predicted molar refractivity (Wildman–Crippen MR) is 108 cm³/mol. The number of halogens is 1. The number of anilines is 2. The molecule has 0 aromatic heterocycles. The minimum Gasteiger partial charge on any atom is -0.326 e. The van der Waals surface area contributed by atoms with Gasteiger partial charge in [0.2, 0.25) is 11.8 Å². The van der Waals surface area contributed by atoms with Gasteiger partial charge in [-0.3, -0.25) is 9.59 Å². The van der Waals surface area contributed by atoms with Gasteiger partial charge in [0, 0.05) is 36.3 Å². The van der Waals surface area contributed by atoms with E-state index in [9.17, 15) is 9.59 Å². The van der Waals surface area contributed by atoms with Gasteiger partial charge in [-0.15, -0.1) is 0 Å². The van der Waals surface area contributed by atoms with Crippen LogP contribution in [0.2, 0.25) is 5.02 Å². The molecule has 4 nitrogen and oxygen atoms in total. The van der Waals surface area contributed by atoms with Crippen LogP contribution in [0.5, 0.6) is 0 Å². The van der Waals surface area contributed by atoms with Crippen LogP contribution < -0.4 is 10.2 Å². The number of nitrogens with one attached hydrogen (secondary N) is 1. The molecule has 0 aliphatic rings. The van der Waals surface area contributed by atoms with Crippen molar-refractivity contribution < 1.29 is 9.59 Å². The van der Waals surface area contributed by atoms with Crippen molar-refractivity contribution in [1.82, 2.24) is 0 Å². The maximum absolute atomic E-state index is 12.3. The summed E-state index contributed by atoms with van der Waals surface area (Å²) in [6.07, 6.45) is 0.206. The Balaban J connectivity index is 2.10. The summed E-state index contributed by atoms with van der Waals surface area (Å²) in [6, 6.07) is 9.50. The zero-order chi connectivity index (χ0) is 19.4. The van der Waals surface area contributed by atoms with Crippen molar-refractivity contribution >= 4 is 34.8 Å². The van der Waals surface area contributed by atoms with E-state index in [0.29, 0.717) is 17.3 Å². The molecule has 0 spiro atoms. The fourth-order valence-electron chi connectivity index (χ4n) is 3.13. The second-order valence-electron chi connectivity index (χ2n) is 6.68. The minimum atomic E-state index is -0.154. The summed E-state index contributed by atoms with van der Waals surface area (Å²) in [7, 11) is 0. The summed E-state index contributed by atoms with van der Waals surface area (Å²) >= 11 is 6.09. The first-order valence-corrected chi connectivity index (χ1v) is 8.98. The monoisotopic (exact) mass is 372 g/mol. The van der Waals surface area contributed by atoms with Crippen LogP contribution >= 0.6 is 11.6 Å². The molecule has 0 aliphatic heterocycles. The summed E-state index contributed by atoms with van der Waals surface area (Å²) in [5, 5.41) is 3.44. The number of aryl methyl sites for hydroxylation is 4. The second kappa shape index (κ2) is 8.37. The van der Waals surface area contributed by atoms with E-state index in [4.69, 9.17) is 11.6 Å².